The predicted octanol–water partition coefficient (Wildman–Crippen LogP) is -0.169. The van der Waals surface area contributed by atoms with Gasteiger partial charge in [0.25, 0.3) is 5.91 Å². The van der Waals surface area contributed by atoms with E-state index in [0.717, 1.165) is 12.8 Å². The quantitative estimate of drug-likeness (QED) is 0.583. The van der Waals surface area contributed by atoms with E-state index in [0.29, 0.717) is 17.4 Å². The van der Waals surface area contributed by atoms with Gasteiger partial charge in [-0.05, 0) is 12.8 Å². The van der Waals surface area contributed by atoms with Crippen LogP contribution in [0.2, 0.25) is 0 Å². The smallest absolute Gasteiger partial charge is 0.326 e. The molecule has 1 amide bonds. The zero-order valence-electron chi connectivity index (χ0n) is 11.0. The number of rotatable bonds is 6. The lowest BCUT2D eigenvalue weighted by Gasteiger charge is -2.12. The molecule has 9 heteroatoms. The van der Waals surface area contributed by atoms with Gasteiger partial charge in [-0.25, -0.2) is 14.8 Å². The van der Waals surface area contributed by atoms with Crippen molar-refractivity contribution >= 4 is 11.9 Å². The van der Waals surface area contributed by atoms with Gasteiger partial charge in [0, 0.05) is 24.2 Å². The molecule has 1 aliphatic rings. The van der Waals surface area contributed by atoms with E-state index in [1.54, 1.807) is 0 Å². The Hall–Kier alpha value is -2.71. The summed E-state index contributed by atoms with van der Waals surface area (Å²) in [6.07, 6.45) is 5.15. The number of nitrogens with zero attached hydrogens (tertiary/aromatic N) is 3. The molecule has 110 valence electrons. The van der Waals surface area contributed by atoms with E-state index in [1.807, 2.05) is 0 Å². The summed E-state index contributed by atoms with van der Waals surface area (Å²) in [5.74, 6) is -0.742. The van der Waals surface area contributed by atoms with E-state index in [1.165, 1.54) is 12.5 Å². The second-order valence-corrected chi connectivity index (χ2v) is 4.96. The van der Waals surface area contributed by atoms with Crippen LogP contribution in [0.3, 0.4) is 0 Å². The highest BCUT2D eigenvalue weighted by molar-refractivity contribution is 5.93. The predicted molar refractivity (Wildman–Crippen MR) is 69.5 cm³/mol. The van der Waals surface area contributed by atoms with Gasteiger partial charge in [-0.15, -0.1) is 5.10 Å². The lowest BCUT2D eigenvalue weighted by molar-refractivity contribution is -0.139. The third kappa shape index (κ3) is 3.07. The Morgan fingerprint density at radius 1 is 1.48 bits per heavy atom. The summed E-state index contributed by atoms with van der Waals surface area (Å²) in [5.41, 5.74) is 0.622. The molecule has 9 nitrogen and oxygen atoms in total. The SMILES string of the molecule is O=C(NC(Cc1cnc[nH]1)C(=O)O)c1n[nH]c(C2CC2)n1. The number of hydrogen-bond acceptors (Lipinski definition) is 5. The van der Waals surface area contributed by atoms with Crippen LogP contribution in [0, 0.1) is 0 Å². The Bertz CT molecular complexity index is 646. The topological polar surface area (TPSA) is 137 Å². The number of aromatic amines is 2. The van der Waals surface area contributed by atoms with Crippen molar-refractivity contribution in [2.24, 2.45) is 0 Å². The molecule has 1 saturated carbocycles. The first kappa shape index (κ1) is 13.3. The Kier molecular flexibility index (Phi) is 3.38. The molecule has 1 aliphatic carbocycles. The van der Waals surface area contributed by atoms with Gasteiger partial charge in [0.15, 0.2) is 0 Å². The van der Waals surface area contributed by atoms with Crippen LogP contribution in [0.15, 0.2) is 12.5 Å². The number of aromatic nitrogens is 5. The second kappa shape index (κ2) is 5.35. The van der Waals surface area contributed by atoms with Crippen molar-refractivity contribution in [1.29, 1.82) is 0 Å². The molecule has 0 saturated heterocycles. The number of carbonyl (C=O) groups excluding carboxylic acids is 1. The molecule has 2 aromatic heterocycles. The van der Waals surface area contributed by atoms with Crippen molar-refractivity contribution in [2.45, 2.75) is 31.2 Å². The average molecular weight is 290 g/mol. The summed E-state index contributed by atoms with van der Waals surface area (Å²) in [6, 6.07) is -1.07. The molecule has 0 radical (unpaired) electrons. The van der Waals surface area contributed by atoms with E-state index >= 15 is 0 Å². The molecule has 1 atom stereocenters. The highest BCUT2D eigenvalue weighted by Gasteiger charge is 2.29. The maximum atomic E-state index is 12.0. The van der Waals surface area contributed by atoms with E-state index in [9.17, 15) is 14.7 Å². The highest BCUT2D eigenvalue weighted by atomic mass is 16.4. The molecule has 0 bridgehead atoms. The molecule has 3 rings (SSSR count). The van der Waals surface area contributed by atoms with Crippen molar-refractivity contribution in [2.75, 3.05) is 0 Å². The first-order chi connectivity index (χ1) is 10.1. The lowest BCUT2D eigenvalue weighted by Crippen LogP contribution is -2.42. The van der Waals surface area contributed by atoms with Gasteiger partial charge >= 0.3 is 5.97 Å². The van der Waals surface area contributed by atoms with Gasteiger partial charge in [0.2, 0.25) is 5.82 Å². The van der Waals surface area contributed by atoms with Crippen LogP contribution in [0.4, 0.5) is 0 Å². The number of carboxylic acid groups (broad SMARTS) is 1. The number of hydrogen-bond donors (Lipinski definition) is 4. The van der Waals surface area contributed by atoms with Crippen LogP contribution in [-0.4, -0.2) is 48.2 Å². The summed E-state index contributed by atoms with van der Waals surface area (Å²) in [7, 11) is 0. The van der Waals surface area contributed by atoms with Crippen molar-refractivity contribution < 1.29 is 14.7 Å². The number of carbonyl (C=O) groups is 2. The summed E-state index contributed by atoms with van der Waals surface area (Å²) >= 11 is 0. The molecule has 1 unspecified atom stereocenters. The van der Waals surface area contributed by atoms with Crippen LogP contribution in [-0.2, 0) is 11.2 Å². The zero-order chi connectivity index (χ0) is 14.8. The minimum atomic E-state index is -1.13. The third-order valence-corrected chi connectivity index (χ3v) is 3.25. The molecule has 1 fully saturated rings. The van der Waals surface area contributed by atoms with E-state index < -0.39 is 17.9 Å². The number of H-pyrrole nitrogens is 2. The van der Waals surface area contributed by atoms with E-state index in [-0.39, 0.29) is 12.2 Å². The molecule has 0 aliphatic heterocycles. The van der Waals surface area contributed by atoms with Crippen molar-refractivity contribution in [3.05, 3.63) is 29.9 Å². The molecular weight excluding hydrogens is 276 g/mol. The summed E-state index contributed by atoms with van der Waals surface area (Å²) < 4.78 is 0. The fourth-order valence-electron chi connectivity index (χ4n) is 1.95. The Morgan fingerprint density at radius 3 is 2.90 bits per heavy atom. The van der Waals surface area contributed by atoms with Gasteiger partial charge in [-0.3, -0.25) is 9.89 Å². The Morgan fingerprint density at radius 2 is 2.29 bits per heavy atom. The number of nitrogens with one attached hydrogen (secondary N) is 3. The summed E-state index contributed by atoms with van der Waals surface area (Å²) in [4.78, 5) is 33.9. The highest BCUT2D eigenvalue weighted by Crippen LogP contribution is 2.37. The van der Waals surface area contributed by atoms with Crippen LogP contribution in [0.25, 0.3) is 0 Å². The largest absolute Gasteiger partial charge is 0.480 e. The number of carboxylic acids is 1. The Labute approximate surface area is 119 Å². The van der Waals surface area contributed by atoms with E-state index in [2.05, 4.69) is 30.5 Å². The van der Waals surface area contributed by atoms with E-state index in [4.69, 9.17) is 0 Å². The minimum Gasteiger partial charge on any atom is -0.480 e. The number of amides is 1. The molecule has 2 heterocycles. The first-order valence-corrected chi connectivity index (χ1v) is 6.56. The standard InChI is InChI=1S/C12H14N6O3/c19-11(10-16-9(17-18-10)6-1-2-6)15-8(12(20)21)3-7-4-13-5-14-7/h4-6,8H,1-3H2,(H,13,14)(H,15,19)(H,20,21)(H,16,17,18). The maximum Gasteiger partial charge on any atom is 0.326 e. The van der Waals surface area contributed by atoms with Crippen LogP contribution in [0.5, 0.6) is 0 Å². The van der Waals surface area contributed by atoms with Gasteiger partial charge in [0.1, 0.15) is 11.9 Å². The minimum absolute atomic E-state index is 0.0345. The molecule has 21 heavy (non-hydrogen) atoms. The van der Waals surface area contributed by atoms with Gasteiger partial charge in [-0.2, -0.15) is 0 Å². The Balaban J connectivity index is 1.66. The molecule has 4 N–H and O–H groups in total. The summed E-state index contributed by atoms with van der Waals surface area (Å²) in [6.45, 7) is 0. The monoisotopic (exact) mass is 290 g/mol. The molecule has 0 aromatic carbocycles. The fraction of sp³-hybridized carbons (Fsp3) is 0.417. The van der Waals surface area contributed by atoms with Crippen molar-refractivity contribution in [1.82, 2.24) is 30.5 Å². The van der Waals surface area contributed by atoms with Crippen molar-refractivity contribution in [3.8, 4) is 0 Å². The zero-order valence-corrected chi connectivity index (χ0v) is 11.0. The molecule has 0 spiro atoms. The van der Waals surface area contributed by atoms with Gasteiger partial charge in [-0.1, -0.05) is 0 Å². The van der Waals surface area contributed by atoms with Gasteiger partial charge < -0.3 is 15.4 Å². The third-order valence-electron chi connectivity index (χ3n) is 3.25. The van der Waals surface area contributed by atoms with Crippen LogP contribution >= 0.6 is 0 Å². The molecule has 2 aromatic rings. The van der Waals surface area contributed by atoms with Crippen LogP contribution < -0.4 is 5.32 Å². The first-order valence-electron chi connectivity index (χ1n) is 6.56. The average Bonchev–Trinajstić information content (AvgIpc) is 2.99. The van der Waals surface area contributed by atoms with Crippen molar-refractivity contribution in [3.63, 3.8) is 0 Å². The maximum absolute atomic E-state index is 12.0. The van der Waals surface area contributed by atoms with Crippen LogP contribution in [0.1, 0.15) is 40.9 Å². The number of imidazole rings is 1. The van der Waals surface area contributed by atoms with Gasteiger partial charge in [0.05, 0.1) is 6.33 Å². The second-order valence-electron chi connectivity index (χ2n) is 4.96. The normalized spacial score (nSPS) is 15.6. The fourth-order valence-corrected chi connectivity index (χ4v) is 1.95. The molecular formula is C12H14N6O3. The lowest BCUT2D eigenvalue weighted by atomic mass is 10.1. The summed E-state index contributed by atoms with van der Waals surface area (Å²) in [5, 5.41) is 18.1. The number of aliphatic carboxylic acids is 1.